The Bertz CT molecular complexity index is 1380. The molecule has 33 heavy (non-hydrogen) atoms. The van der Waals surface area contributed by atoms with Gasteiger partial charge in [0, 0.05) is 18.9 Å². The second-order valence-electron chi connectivity index (χ2n) is 7.59. The van der Waals surface area contributed by atoms with Crippen LogP contribution < -0.4 is 10.1 Å². The number of hydrogen-bond donors (Lipinski definition) is 1. The SMILES string of the molecule is CC(C)Oc1cccc(S(=O)(=O)c2ccc(CNC(=O)c3cc4ccncc4s3)cc2)c1F. The molecule has 2 heterocycles. The third-order valence-electron chi connectivity index (χ3n) is 4.81. The van der Waals surface area contributed by atoms with Gasteiger partial charge in [0.1, 0.15) is 4.90 Å². The van der Waals surface area contributed by atoms with Crippen molar-refractivity contribution in [2.24, 2.45) is 0 Å². The van der Waals surface area contributed by atoms with Crippen molar-refractivity contribution >= 4 is 37.2 Å². The molecule has 1 amide bonds. The molecule has 9 heteroatoms. The van der Waals surface area contributed by atoms with Gasteiger partial charge >= 0.3 is 0 Å². The zero-order chi connectivity index (χ0) is 23.6. The lowest BCUT2D eigenvalue weighted by Crippen LogP contribution is -2.21. The van der Waals surface area contributed by atoms with Crippen LogP contribution in [0.1, 0.15) is 29.1 Å². The van der Waals surface area contributed by atoms with E-state index in [0.717, 1.165) is 10.1 Å². The van der Waals surface area contributed by atoms with Crippen LogP contribution in [0.4, 0.5) is 4.39 Å². The van der Waals surface area contributed by atoms with Crippen LogP contribution in [0, 0.1) is 5.82 Å². The van der Waals surface area contributed by atoms with Crippen LogP contribution in [-0.4, -0.2) is 25.4 Å². The molecule has 0 unspecified atom stereocenters. The van der Waals surface area contributed by atoms with Crippen LogP contribution >= 0.6 is 11.3 Å². The monoisotopic (exact) mass is 484 g/mol. The molecule has 2 aromatic carbocycles. The lowest BCUT2D eigenvalue weighted by atomic mass is 10.2. The number of nitrogens with zero attached hydrogens (tertiary/aromatic N) is 1. The molecule has 0 aliphatic heterocycles. The summed E-state index contributed by atoms with van der Waals surface area (Å²) in [6, 6.07) is 13.7. The Hall–Kier alpha value is -3.30. The number of benzene rings is 2. The lowest BCUT2D eigenvalue weighted by molar-refractivity contribution is 0.0955. The van der Waals surface area contributed by atoms with E-state index in [0.29, 0.717) is 10.4 Å². The molecule has 0 bridgehead atoms. The molecule has 170 valence electrons. The molecule has 0 saturated heterocycles. The third-order valence-corrected chi connectivity index (χ3v) is 7.68. The number of thiophene rings is 1. The van der Waals surface area contributed by atoms with E-state index in [1.165, 1.54) is 41.7 Å². The smallest absolute Gasteiger partial charge is 0.261 e. The molecule has 0 saturated carbocycles. The van der Waals surface area contributed by atoms with Gasteiger partial charge in [-0.05, 0) is 61.2 Å². The second-order valence-corrected chi connectivity index (χ2v) is 10.6. The molecule has 0 atom stereocenters. The fourth-order valence-corrected chi connectivity index (χ4v) is 5.51. The zero-order valence-corrected chi connectivity index (χ0v) is 19.5. The minimum atomic E-state index is -4.08. The largest absolute Gasteiger partial charge is 0.488 e. The number of nitrogens with one attached hydrogen (secondary N) is 1. The lowest BCUT2D eigenvalue weighted by Gasteiger charge is -2.13. The molecule has 0 aliphatic carbocycles. The Morgan fingerprint density at radius 3 is 2.61 bits per heavy atom. The predicted molar refractivity (Wildman–Crippen MR) is 125 cm³/mol. The summed E-state index contributed by atoms with van der Waals surface area (Å²) >= 11 is 1.35. The summed E-state index contributed by atoms with van der Waals surface area (Å²) in [7, 11) is -4.08. The maximum atomic E-state index is 14.8. The minimum absolute atomic E-state index is 0.0461. The Morgan fingerprint density at radius 1 is 1.15 bits per heavy atom. The topological polar surface area (TPSA) is 85.4 Å². The minimum Gasteiger partial charge on any atom is -0.488 e. The summed E-state index contributed by atoms with van der Waals surface area (Å²) < 4.78 is 47.0. The predicted octanol–water partition coefficient (Wildman–Crippen LogP) is 4.99. The molecule has 0 aliphatic rings. The zero-order valence-electron chi connectivity index (χ0n) is 17.9. The highest BCUT2D eigenvalue weighted by atomic mass is 32.2. The van der Waals surface area contributed by atoms with Crippen molar-refractivity contribution in [3.8, 4) is 5.75 Å². The van der Waals surface area contributed by atoms with Crippen molar-refractivity contribution in [3.63, 3.8) is 0 Å². The van der Waals surface area contributed by atoms with Crippen molar-refractivity contribution in [1.82, 2.24) is 10.3 Å². The van der Waals surface area contributed by atoms with Crippen molar-refractivity contribution < 1.29 is 22.3 Å². The quantitative estimate of drug-likeness (QED) is 0.400. The van der Waals surface area contributed by atoms with E-state index < -0.39 is 20.5 Å². The van der Waals surface area contributed by atoms with Crippen LogP contribution in [0.25, 0.3) is 10.1 Å². The van der Waals surface area contributed by atoms with Gasteiger partial charge in [-0.2, -0.15) is 0 Å². The van der Waals surface area contributed by atoms with Crippen LogP contribution in [0.2, 0.25) is 0 Å². The molecule has 0 spiro atoms. The van der Waals surface area contributed by atoms with Crippen molar-refractivity contribution in [3.05, 3.63) is 83.2 Å². The highest BCUT2D eigenvalue weighted by molar-refractivity contribution is 7.91. The van der Waals surface area contributed by atoms with Gasteiger partial charge in [0.2, 0.25) is 9.84 Å². The van der Waals surface area contributed by atoms with E-state index in [9.17, 15) is 17.6 Å². The van der Waals surface area contributed by atoms with Crippen LogP contribution in [0.15, 0.2) is 76.8 Å². The Balaban J connectivity index is 1.48. The van der Waals surface area contributed by atoms with E-state index in [1.807, 2.05) is 6.07 Å². The third kappa shape index (κ3) is 4.89. The molecule has 4 rings (SSSR count). The number of amides is 1. The number of hydrogen-bond acceptors (Lipinski definition) is 6. The van der Waals surface area contributed by atoms with E-state index in [1.54, 1.807) is 44.4 Å². The van der Waals surface area contributed by atoms with Gasteiger partial charge in [-0.15, -0.1) is 11.3 Å². The molecule has 1 N–H and O–H groups in total. The van der Waals surface area contributed by atoms with E-state index >= 15 is 0 Å². The first-order chi connectivity index (χ1) is 15.8. The Labute approximate surface area is 195 Å². The van der Waals surface area contributed by atoms with Gasteiger partial charge in [0.25, 0.3) is 5.91 Å². The number of ether oxygens (including phenoxy) is 1. The molecule has 2 aromatic heterocycles. The van der Waals surface area contributed by atoms with E-state index in [-0.39, 0.29) is 29.2 Å². The first-order valence-corrected chi connectivity index (χ1v) is 12.5. The van der Waals surface area contributed by atoms with Crippen LogP contribution in [-0.2, 0) is 16.4 Å². The highest BCUT2D eigenvalue weighted by Gasteiger charge is 2.24. The standard InChI is InChI=1S/C24H21FN2O4S2/c1-15(2)31-19-4-3-5-22(23(19)25)33(29,30)18-8-6-16(7-9-18)13-27-24(28)20-12-17-10-11-26-14-21(17)32-20/h3-12,14-15H,13H2,1-2H3,(H,27,28). The van der Waals surface area contributed by atoms with Gasteiger partial charge < -0.3 is 10.1 Å². The Kier molecular flexibility index (Phi) is 6.44. The van der Waals surface area contributed by atoms with Gasteiger partial charge in [0.05, 0.1) is 20.6 Å². The van der Waals surface area contributed by atoms with E-state index in [4.69, 9.17) is 4.74 Å². The molecular weight excluding hydrogens is 463 g/mol. The number of halogens is 1. The summed E-state index contributed by atoms with van der Waals surface area (Å²) in [6.45, 7) is 3.68. The van der Waals surface area contributed by atoms with Crippen molar-refractivity contribution in [2.45, 2.75) is 36.3 Å². The second kappa shape index (κ2) is 9.29. The van der Waals surface area contributed by atoms with E-state index in [2.05, 4.69) is 10.3 Å². The summed E-state index contributed by atoms with van der Waals surface area (Å²) in [5, 5.41) is 3.77. The van der Waals surface area contributed by atoms with Crippen LogP contribution in [0.5, 0.6) is 5.75 Å². The summed E-state index contributed by atoms with van der Waals surface area (Å²) in [5.41, 5.74) is 0.711. The maximum Gasteiger partial charge on any atom is 0.261 e. The molecule has 0 fully saturated rings. The van der Waals surface area contributed by atoms with Gasteiger partial charge in [0.15, 0.2) is 11.6 Å². The Morgan fingerprint density at radius 2 is 1.91 bits per heavy atom. The average Bonchev–Trinajstić information content (AvgIpc) is 3.23. The van der Waals surface area contributed by atoms with Crippen LogP contribution in [0.3, 0.4) is 0 Å². The van der Waals surface area contributed by atoms with Gasteiger partial charge in [-0.3, -0.25) is 9.78 Å². The number of carbonyl (C=O) groups excluding carboxylic acids is 1. The number of sulfone groups is 1. The summed E-state index contributed by atoms with van der Waals surface area (Å²) in [6.07, 6.45) is 3.09. The summed E-state index contributed by atoms with van der Waals surface area (Å²) in [5.74, 6) is -1.25. The first-order valence-electron chi connectivity index (χ1n) is 10.2. The molecular formula is C24H21FN2O4S2. The highest BCUT2D eigenvalue weighted by Crippen LogP contribution is 2.29. The number of aromatic nitrogens is 1. The summed E-state index contributed by atoms with van der Waals surface area (Å²) in [4.78, 5) is 16.6. The average molecular weight is 485 g/mol. The van der Waals surface area contributed by atoms with Crippen molar-refractivity contribution in [2.75, 3.05) is 0 Å². The fourth-order valence-electron chi connectivity index (χ4n) is 3.22. The van der Waals surface area contributed by atoms with Gasteiger partial charge in [-0.25, -0.2) is 12.8 Å². The van der Waals surface area contributed by atoms with Crippen molar-refractivity contribution in [1.29, 1.82) is 0 Å². The van der Waals surface area contributed by atoms with Gasteiger partial charge in [-0.1, -0.05) is 18.2 Å². The maximum absolute atomic E-state index is 14.8. The first kappa shape index (κ1) is 22.9. The molecule has 4 aromatic rings. The normalized spacial score (nSPS) is 11.6. The number of carbonyl (C=O) groups is 1. The number of rotatable bonds is 7. The molecule has 6 nitrogen and oxygen atoms in total. The number of fused-ring (bicyclic) bond motifs is 1. The molecule has 0 radical (unpaired) electrons. The number of pyridine rings is 1. The fraction of sp³-hybridized carbons (Fsp3) is 0.167.